The Morgan fingerprint density at radius 2 is 1.66 bits per heavy atom. The van der Waals surface area contributed by atoms with Gasteiger partial charge in [0.05, 0.1) is 17.5 Å². The van der Waals surface area contributed by atoms with Crippen molar-refractivity contribution in [1.29, 1.82) is 0 Å². The van der Waals surface area contributed by atoms with Gasteiger partial charge in [-0.15, -0.1) is 5.10 Å². The van der Waals surface area contributed by atoms with Gasteiger partial charge in [0, 0.05) is 0 Å². The van der Waals surface area contributed by atoms with Gasteiger partial charge in [0.15, 0.2) is 0 Å². The molecule has 0 amide bonds. The van der Waals surface area contributed by atoms with Crippen molar-refractivity contribution in [3.63, 3.8) is 0 Å². The summed E-state index contributed by atoms with van der Waals surface area (Å²) in [7, 11) is -2.22. The molecule has 3 aromatic carbocycles. The molecule has 1 N–H and O–H groups in total. The fourth-order valence-electron chi connectivity index (χ4n) is 3.06. The van der Waals surface area contributed by atoms with E-state index >= 15 is 0 Å². The van der Waals surface area contributed by atoms with Gasteiger partial charge in [-0.3, -0.25) is 0 Å². The Bertz CT molecular complexity index is 1230. The van der Waals surface area contributed by atoms with Gasteiger partial charge < -0.3 is 4.74 Å². The maximum atomic E-state index is 13.1. The van der Waals surface area contributed by atoms with Crippen molar-refractivity contribution in [2.45, 2.75) is 18.0 Å². The second kappa shape index (κ2) is 7.65. The van der Waals surface area contributed by atoms with Crippen molar-refractivity contribution < 1.29 is 13.2 Å². The summed E-state index contributed by atoms with van der Waals surface area (Å²) < 4.78 is 35.7. The number of nitrogens with one attached hydrogen (secondary N) is 1. The molecule has 8 heteroatoms. The standard InChI is InChI=1S/C21H20N4O3S/c1-15-7-13-18(14-8-15)29(26,27)23-21(16-9-11-17(28-2)12-10-16)25-20-6-4-3-5-19(20)22-24-25/h3-14,21,23H,1-2H3. The van der Waals surface area contributed by atoms with Gasteiger partial charge in [-0.1, -0.05) is 47.2 Å². The highest BCUT2D eigenvalue weighted by atomic mass is 32.2. The minimum absolute atomic E-state index is 0.186. The average Bonchev–Trinajstić information content (AvgIpc) is 3.16. The molecule has 29 heavy (non-hydrogen) atoms. The van der Waals surface area contributed by atoms with E-state index in [0.717, 1.165) is 11.1 Å². The number of para-hydroxylation sites is 1. The number of aryl methyl sites for hydroxylation is 1. The topological polar surface area (TPSA) is 86.1 Å². The molecule has 0 bridgehead atoms. The second-order valence-corrected chi connectivity index (χ2v) is 8.35. The second-order valence-electron chi connectivity index (χ2n) is 6.63. The Hall–Kier alpha value is -3.23. The lowest BCUT2D eigenvalue weighted by Gasteiger charge is -2.20. The predicted octanol–water partition coefficient (Wildman–Crippen LogP) is 3.27. The highest BCUT2D eigenvalue weighted by Crippen LogP contribution is 2.24. The van der Waals surface area contributed by atoms with Crippen molar-refractivity contribution in [3.05, 3.63) is 83.9 Å². The Morgan fingerprint density at radius 1 is 0.966 bits per heavy atom. The first-order valence-corrected chi connectivity index (χ1v) is 10.5. The average molecular weight is 408 g/mol. The summed E-state index contributed by atoms with van der Waals surface area (Å²) >= 11 is 0. The predicted molar refractivity (Wildman–Crippen MR) is 110 cm³/mol. The van der Waals surface area contributed by atoms with E-state index in [1.807, 2.05) is 31.2 Å². The highest BCUT2D eigenvalue weighted by Gasteiger charge is 2.25. The maximum absolute atomic E-state index is 13.1. The van der Waals surface area contributed by atoms with Crippen molar-refractivity contribution in [2.75, 3.05) is 7.11 Å². The van der Waals surface area contributed by atoms with Gasteiger partial charge >= 0.3 is 0 Å². The first-order chi connectivity index (χ1) is 14.0. The fraction of sp³-hybridized carbons (Fsp3) is 0.143. The van der Waals surface area contributed by atoms with E-state index in [1.165, 1.54) is 0 Å². The zero-order valence-corrected chi connectivity index (χ0v) is 16.8. The molecule has 4 rings (SSSR count). The summed E-state index contributed by atoms with van der Waals surface area (Å²) in [5, 5.41) is 8.38. The van der Waals surface area contributed by atoms with Crippen molar-refractivity contribution in [1.82, 2.24) is 19.7 Å². The number of hydrogen-bond donors (Lipinski definition) is 1. The first-order valence-electron chi connectivity index (χ1n) is 9.01. The zero-order valence-electron chi connectivity index (χ0n) is 16.0. The SMILES string of the molecule is COc1ccc(C(NS(=O)(=O)c2ccc(C)cc2)n2nnc3ccccc32)cc1. The Morgan fingerprint density at radius 3 is 2.34 bits per heavy atom. The smallest absolute Gasteiger partial charge is 0.242 e. The Balaban J connectivity index is 1.80. The van der Waals surface area contributed by atoms with E-state index in [-0.39, 0.29) is 4.90 Å². The van der Waals surface area contributed by atoms with Crippen LogP contribution in [0.1, 0.15) is 17.3 Å². The molecule has 0 saturated carbocycles. The van der Waals surface area contributed by atoms with Crippen LogP contribution in [0.4, 0.5) is 0 Å². The molecule has 1 heterocycles. The summed E-state index contributed by atoms with van der Waals surface area (Å²) in [6.45, 7) is 1.91. The molecule has 0 spiro atoms. The van der Waals surface area contributed by atoms with Gasteiger partial charge in [0.1, 0.15) is 17.4 Å². The molecule has 0 aliphatic carbocycles. The third-order valence-corrected chi connectivity index (χ3v) is 6.08. The summed E-state index contributed by atoms with van der Waals surface area (Å²) in [6.07, 6.45) is -0.778. The quantitative estimate of drug-likeness (QED) is 0.529. The van der Waals surface area contributed by atoms with Crippen LogP contribution in [0.5, 0.6) is 5.75 Å². The highest BCUT2D eigenvalue weighted by molar-refractivity contribution is 7.89. The monoisotopic (exact) mass is 408 g/mol. The Labute approximate surface area is 169 Å². The minimum atomic E-state index is -3.80. The molecule has 4 aromatic rings. The van der Waals surface area contributed by atoms with Crippen LogP contribution >= 0.6 is 0 Å². The van der Waals surface area contributed by atoms with E-state index in [1.54, 1.807) is 60.3 Å². The molecule has 0 saturated heterocycles. The summed E-state index contributed by atoms with van der Waals surface area (Å²) in [5.41, 5.74) is 3.09. The van der Waals surface area contributed by atoms with Crippen molar-refractivity contribution in [2.24, 2.45) is 0 Å². The third kappa shape index (κ3) is 3.85. The van der Waals surface area contributed by atoms with E-state index in [4.69, 9.17) is 4.74 Å². The van der Waals surface area contributed by atoms with Crippen molar-refractivity contribution >= 4 is 21.1 Å². The normalized spacial score (nSPS) is 12.8. The van der Waals surface area contributed by atoms with Crippen LogP contribution in [-0.4, -0.2) is 30.5 Å². The Kier molecular flexibility index (Phi) is 5.04. The molecule has 0 aliphatic heterocycles. The number of aromatic nitrogens is 3. The molecule has 1 aromatic heterocycles. The first kappa shape index (κ1) is 19.1. The number of rotatable bonds is 6. The lowest BCUT2D eigenvalue weighted by atomic mass is 10.1. The molecule has 0 fully saturated rings. The van der Waals surface area contributed by atoms with Gasteiger partial charge in [0.25, 0.3) is 0 Å². The summed E-state index contributed by atoms with van der Waals surface area (Å²) in [4.78, 5) is 0.186. The minimum Gasteiger partial charge on any atom is -0.497 e. The molecule has 0 aliphatic rings. The number of fused-ring (bicyclic) bond motifs is 1. The van der Waals surface area contributed by atoms with Gasteiger partial charge in [-0.25, -0.2) is 13.1 Å². The van der Waals surface area contributed by atoms with E-state index in [2.05, 4.69) is 15.0 Å². The zero-order chi connectivity index (χ0) is 20.4. The van der Waals surface area contributed by atoms with E-state index in [0.29, 0.717) is 16.8 Å². The number of sulfonamides is 1. The largest absolute Gasteiger partial charge is 0.497 e. The van der Waals surface area contributed by atoms with Crippen LogP contribution < -0.4 is 9.46 Å². The number of hydrogen-bond acceptors (Lipinski definition) is 5. The molecular weight excluding hydrogens is 388 g/mol. The molecule has 7 nitrogen and oxygen atoms in total. The van der Waals surface area contributed by atoms with E-state index < -0.39 is 16.2 Å². The van der Waals surface area contributed by atoms with Crippen LogP contribution in [0.15, 0.2) is 77.7 Å². The van der Waals surface area contributed by atoms with Gasteiger partial charge in [-0.2, -0.15) is 4.72 Å². The van der Waals surface area contributed by atoms with Crippen LogP contribution in [0, 0.1) is 6.92 Å². The number of nitrogens with zero attached hydrogens (tertiary/aromatic N) is 3. The third-order valence-electron chi connectivity index (χ3n) is 4.65. The fourth-order valence-corrected chi connectivity index (χ4v) is 4.22. The number of methoxy groups -OCH3 is 1. The van der Waals surface area contributed by atoms with Gasteiger partial charge in [0.2, 0.25) is 10.0 Å². The van der Waals surface area contributed by atoms with Crippen LogP contribution in [0.2, 0.25) is 0 Å². The van der Waals surface area contributed by atoms with Crippen LogP contribution in [-0.2, 0) is 10.0 Å². The summed E-state index contributed by atoms with van der Waals surface area (Å²) in [5.74, 6) is 0.678. The number of ether oxygens (including phenoxy) is 1. The van der Waals surface area contributed by atoms with Crippen LogP contribution in [0.3, 0.4) is 0 Å². The van der Waals surface area contributed by atoms with Gasteiger partial charge in [-0.05, 0) is 48.9 Å². The van der Waals surface area contributed by atoms with E-state index in [9.17, 15) is 8.42 Å². The summed E-state index contributed by atoms with van der Waals surface area (Å²) in [6, 6.07) is 21.3. The molecule has 1 unspecified atom stereocenters. The van der Waals surface area contributed by atoms with Crippen LogP contribution in [0.25, 0.3) is 11.0 Å². The number of benzene rings is 3. The lowest BCUT2D eigenvalue weighted by Crippen LogP contribution is -2.34. The molecule has 1 atom stereocenters. The molecule has 0 radical (unpaired) electrons. The molecule has 148 valence electrons. The van der Waals surface area contributed by atoms with Crippen molar-refractivity contribution in [3.8, 4) is 5.75 Å². The maximum Gasteiger partial charge on any atom is 0.242 e. The lowest BCUT2D eigenvalue weighted by molar-refractivity contribution is 0.414. The molecular formula is C21H20N4O3S.